The van der Waals surface area contributed by atoms with Crippen LogP contribution in [0.1, 0.15) is 5.56 Å². The Morgan fingerprint density at radius 1 is 1.33 bits per heavy atom. The molecule has 1 atom stereocenters. The molecule has 0 heterocycles. The Morgan fingerprint density at radius 3 is 2.27 bits per heavy atom. The second-order valence-electron chi connectivity index (χ2n) is 2.99. The van der Waals surface area contributed by atoms with Crippen LogP contribution >= 0.6 is 10.7 Å². The zero-order valence-corrected chi connectivity index (χ0v) is 9.20. The lowest BCUT2D eigenvalue weighted by Crippen LogP contribution is -2.28. The third kappa shape index (κ3) is 3.53. The molecule has 82 valence electrons. The Balaban J connectivity index is 2.92. The van der Waals surface area contributed by atoms with Gasteiger partial charge in [0, 0.05) is 17.1 Å². The first-order valence-electron chi connectivity index (χ1n) is 4.11. The normalized spacial score (nSPS) is 13.4. The predicted octanol–water partition coefficient (Wildman–Crippen LogP) is 1.25. The van der Waals surface area contributed by atoms with Crippen molar-refractivity contribution >= 4 is 25.7 Å². The van der Waals surface area contributed by atoms with Crippen LogP contribution in [-0.4, -0.2) is 24.7 Å². The number of carboxylic acids is 1. The van der Waals surface area contributed by atoms with Crippen LogP contribution in [-0.2, 0) is 20.3 Å². The van der Waals surface area contributed by atoms with E-state index in [-0.39, 0.29) is 6.42 Å². The first-order chi connectivity index (χ1) is 6.91. The van der Waals surface area contributed by atoms with Gasteiger partial charge in [-0.15, -0.1) is 0 Å². The highest BCUT2D eigenvalue weighted by atomic mass is 35.7. The van der Waals surface area contributed by atoms with Gasteiger partial charge in [0.15, 0.2) is 5.25 Å². The molecule has 0 bridgehead atoms. The lowest BCUT2D eigenvalue weighted by atomic mass is 10.1. The molecule has 15 heavy (non-hydrogen) atoms. The summed E-state index contributed by atoms with van der Waals surface area (Å²) >= 11 is 0. The Hall–Kier alpha value is -1.07. The highest BCUT2D eigenvalue weighted by Crippen LogP contribution is 2.14. The molecule has 0 aromatic heterocycles. The molecule has 0 aliphatic heterocycles. The van der Waals surface area contributed by atoms with Gasteiger partial charge in [-0.1, -0.05) is 30.3 Å². The number of carboxylic acid groups (broad SMARTS) is 1. The zero-order valence-electron chi connectivity index (χ0n) is 7.63. The molecule has 0 saturated carbocycles. The third-order valence-corrected chi connectivity index (χ3v) is 3.57. The number of benzene rings is 1. The summed E-state index contributed by atoms with van der Waals surface area (Å²) in [6, 6.07) is 8.47. The van der Waals surface area contributed by atoms with Crippen LogP contribution < -0.4 is 0 Å². The van der Waals surface area contributed by atoms with Crippen LogP contribution in [0.4, 0.5) is 0 Å². The van der Waals surface area contributed by atoms with Crippen molar-refractivity contribution in [3.63, 3.8) is 0 Å². The molecule has 4 nitrogen and oxygen atoms in total. The Labute approximate surface area is 91.9 Å². The zero-order chi connectivity index (χ0) is 11.5. The van der Waals surface area contributed by atoms with Gasteiger partial charge in [-0.3, -0.25) is 4.79 Å². The van der Waals surface area contributed by atoms with E-state index in [1.807, 2.05) is 0 Å². The van der Waals surface area contributed by atoms with Crippen LogP contribution in [0.25, 0.3) is 0 Å². The van der Waals surface area contributed by atoms with E-state index in [4.69, 9.17) is 15.8 Å². The van der Waals surface area contributed by atoms with E-state index in [0.29, 0.717) is 5.56 Å². The highest BCUT2D eigenvalue weighted by Gasteiger charge is 2.30. The van der Waals surface area contributed by atoms with Crippen molar-refractivity contribution < 1.29 is 18.3 Å². The minimum absolute atomic E-state index is 0.123. The molecule has 0 amide bonds. The first-order valence-corrected chi connectivity index (χ1v) is 6.48. The van der Waals surface area contributed by atoms with Crippen LogP contribution in [0.5, 0.6) is 0 Å². The number of rotatable bonds is 4. The summed E-state index contributed by atoms with van der Waals surface area (Å²) in [5.41, 5.74) is 0.620. The van der Waals surface area contributed by atoms with Gasteiger partial charge in [0.2, 0.25) is 9.05 Å². The monoisotopic (exact) mass is 248 g/mol. The molecule has 0 aliphatic carbocycles. The third-order valence-electron chi connectivity index (χ3n) is 1.88. The molecule has 0 aliphatic rings. The van der Waals surface area contributed by atoms with Gasteiger partial charge >= 0.3 is 5.97 Å². The second kappa shape index (κ2) is 4.63. The van der Waals surface area contributed by atoms with E-state index in [1.165, 1.54) is 0 Å². The first kappa shape index (κ1) is 12.0. The number of hydrogen-bond acceptors (Lipinski definition) is 3. The summed E-state index contributed by atoms with van der Waals surface area (Å²) in [7, 11) is 0.946. The molecule has 0 spiro atoms. The van der Waals surface area contributed by atoms with E-state index in [2.05, 4.69) is 0 Å². The van der Waals surface area contributed by atoms with E-state index in [9.17, 15) is 13.2 Å². The summed E-state index contributed by atoms with van der Waals surface area (Å²) in [5, 5.41) is 7.11. The van der Waals surface area contributed by atoms with Gasteiger partial charge in [-0.25, -0.2) is 8.42 Å². The number of hydrogen-bond donors (Lipinski definition) is 1. The van der Waals surface area contributed by atoms with Crippen molar-refractivity contribution in [3.8, 4) is 0 Å². The van der Waals surface area contributed by atoms with Crippen molar-refractivity contribution in [2.45, 2.75) is 11.7 Å². The maximum Gasteiger partial charge on any atom is 0.323 e. The maximum atomic E-state index is 11.0. The standard InChI is InChI=1S/C9H9ClO4S/c10-15(13,14)8(9(11)12)6-7-4-2-1-3-5-7/h1-5,8H,6H2,(H,11,12). The smallest absolute Gasteiger partial charge is 0.323 e. The molecular weight excluding hydrogens is 240 g/mol. The van der Waals surface area contributed by atoms with Crippen LogP contribution in [0, 0.1) is 0 Å². The number of halogens is 1. The molecule has 0 radical (unpaired) electrons. The molecule has 0 fully saturated rings. The van der Waals surface area contributed by atoms with E-state index < -0.39 is 20.3 Å². The van der Waals surface area contributed by atoms with Crippen molar-refractivity contribution in [2.75, 3.05) is 0 Å². The molecule has 1 aromatic rings. The van der Waals surface area contributed by atoms with Crippen LogP contribution in [0.15, 0.2) is 30.3 Å². The minimum atomic E-state index is -4.09. The van der Waals surface area contributed by atoms with E-state index in [1.54, 1.807) is 30.3 Å². The maximum absolute atomic E-state index is 11.0. The highest BCUT2D eigenvalue weighted by molar-refractivity contribution is 8.14. The van der Waals surface area contributed by atoms with Gasteiger partial charge in [0.25, 0.3) is 0 Å². The van der Waals surface area contributed by atoms with E-state index in [0.717, 1.165) is 0 Å². The summed E-state index contributed by atoms with van der Waals surface area (Å²) in [6.07, 6.45) is -0.123. The fourth-order valence-corrected chi connectivity index (χ4v) is 2.19. The Bertz CT molecular complexity index is 440. The lowest BCUT2D eigenvalue weighted by molar-refractivity contribution is -0.136. The van der Waals surface area contributed by atoms with Crippen LogP contribution in [0.3, 0.4) is 0 Å². The number of aliphatic carboxylic acids is 1. The molecule has 1 unspecified atom stereocenters. The summed E-state index contributed by atoms with van der Waals surface area (Å²) in [4.78, 5) is 10.7. The minimum Gasteiger partial charge on any atom is -0.480 e. The van der Waals surface area contributed by atoms with Crippen LogP contribution in [0.2, 0.25) is 0 Å². The topological polar surface area (TPSA) is 71.4 Å². The van der Waals surface area contributed by atoms with Crippen molar-refractivity contribution in [3.05, 3.63) is 35.9 Å². The Kier molecular flexibility index (Phi) is 3.71. The Morgan fingerprint density at radius 2 is 1.87 bits per heavy atom. The van der Waals surface area contributed by atoms with Gasteiger partial charge in [0.05, 0.1) is 0 Å². The van der Waals surface area contributed by atoms with Crippen molar-refractivity contribution in [1.82, 2.24) is 0 Å². The van der Waals surface area contributed by atoms with Crippen molar-refractivity contribution in [2.24, 2.45) is 0 Å². The quantitative estimate of drug-likeness (QED) is 0.814. The lowest BCUT2D eigenvalue weighted by Gasteiger charge is -2.08. The predicted molar refractivity (Wildman–Crippen MR) is 56.3 cm³/mol. The molecule has 6 heteroatoms. The fraction of sp³-hybridized carbons (Fsp3) is 0.222. The average Bonchev–Trinajstić information content (AvgIpc) is 2.13. The largest absolute Gasteiger partial charge is 0.480 e. The number of carbonyl (C=O) groups is 1. The molecule has 1 N–H and O–H groups in total. The molecular formula is C9H9ClO4S. The van der Waals surface area contributed by atoms with Gasteiger partial charge in [0.1, 0.15) is 0 Å². The van der Waals surface area contributed by atoms with E-state index >= 15 is 0 Å². The van der Waals surface area contributed by atoms with Gasteiger partial charge in [-0.2, -0.15) is 0 Å². The molecule has 0 saturated heterocycles. The fourth-order valence-electron chi connectivity index (χ4n) is 1.14. The average molecular weight is 249 g/mol. The molecule has 1 aromatic carbocycles. The van der Waals surface area contributed by atoms with Crippen molar-refractivity contribution in [1.29, 1.82) is 0 Å². The van der Waals surface area contributed by atoms with Gasteiger partial charge < -0.3 is 5.11 Å². The molecule has 1 rings (SSSR count). The summed E-state index contributed by atoms with van der Waals surface area (Å²) < 4.78 is 21.9. The van der Waals surface area contributed by atoms with Gasteiger partial charge in [-0.05, 0) is 5.56 Å². The summed E-state index contributed by atoms with van der Waals surface area (Å²) in [6.45, 7) is 0. The second-order valence-corrected chi connectivity index (χ2v) is 5.80. The summed E-state index contributed by atoms with van der Waals surface area (Å²) in [5.74, 6) is -1.44. The SMILES string of the molecule is O=C(O)C(Cc1ccccc1)S(=O)(=O)Cl.